The largest absolute Gasteiger partial charge is 0.456 e. The van der Waals surface area contributed by atoms with Crippen molar-refractivity contribution < 1.29 is 27.0 Å². The molecule has 46 heavy (non-hydrogen) atoms. The molecule has 1 atom stereocenters. The number of carbonyl (C=O) groups is 2. The molecule has 1 amide bonds. The van der Waals surface area contributed by atoms with Gasteiger partial charge in [-0.2, -0.15) is 8.42 Å². The van der Waals surface area contributed by atoms with E-state index in [2.05, 4.69) is 38.2 Å². The van der Waals surface area contributed by atoms with Crippen LogP contribution in [0.3, 0.4) is 0 Å². The zero-order chi connectivity index (χ0) is 33.1. The second-order valence-electron chi connectivity index (χ2n) is 12.5. The number of nitrogens with one attached hydrogen (secondary N) is 1. The average Bonchev–Trinajstić information content (AvgIpc) is 3.43. The molecule has 1 aromatic heterocycles. The maximum atomic E-state index is 13.8. The molecule has 5 rings (SSSR count). The molecule has 5 aromatic rings. The molecule has 0 saturated heterocycles. The zero-order valence-electron chi connectivity index (χ0n) is 25.9. The van der Waals surface area contributed by atoms with Crippen LogP contribution in [0.5, 0.6) is 0 Å². The van der Waals surface area contributed by atoms with Crippen molar-refractivity contribution in [1.82, 2.24) is 0 Å². The number of halogens is 1. The van der Waals surface area contributed by atoms with Crippen LogP contribution in [0.2, 0.25) is 5.02 Å². The van der Waals surface area contributed by atoms with Crippen molar-refractivity contribution in [3.8, 4) is 11.3 Å². The lowest BCUT2D eigenvalue weighted by atomic mass is 9.84. The van der Waals surface area contributed by atoms with Gasteiger partial charge in [0.15, 0.2) is 5.78 Å². The third-order valence-electron chi connectivity index (χ3n) is 7.93. The van der Waals surface area contributed by atoms with E-state index in [4.69, 9.17) is 20.6 Å². The van der Waals surface area contributed by atoms with Crippen LogP contribution in [0.1, 0.15) is 66.6 Å². The van der Waals surface area contributed by atoms with Gasteiger partial charge in [-0.15, -0.1) is 0 Å². The fourth-order valence-corrected chi connectivity index (χ4v) is 5.99. The Morgan fingerprint density at radius 2 is 1.57 bits per heavy atom. The minimum atomic E-state index is -4.11. The summed E-state index contributed by atoms with van der Waals surface area (Å²) in [6.45, 7) is 6.42. The Morgan fingerprint density at radius 1 is 0.891 bits per heavy atom. The second kappa shape index (κ2) is 13.6. The SMILES string of the molecule is CC(C)(C)c1ccc(C(Cc2ccc(C(=O)CCCS(=O)(=O)O)cc2)C(=O)Nc2ccc(-c3cc4cc(Cl)ccc4o3)cc2)cc1. The van der Waals surface area contributed by atoms with Gasteiger partial charge in [-0.05, 0) is 83.5 Å². The van der Waals surface area contributed by atoms with Crippen LogP contribution in [0.25, 0.3) is 22.3 Å². The van der Waals surface area contributed by atoms with Crippen molar-refractivity contribution in [3.63, 3.8) is 0 Å². The summed E-state index contributed by atoms with van der Waals surface area (Å²) in [7, 11) is -4.11. The average molecular weight is 658 g/mol. The van der Waals surface area contributed by atoms with Gasteiger partial charge >= 0.3 is 0 Å². The van der Waals surface area contributed by atoms with Gasteiger partial charge in [0.25, 0.3) is 10.1 Å². The van der Waals surface area contributed by atoms with E-state index in [0.29, 0.717) is 28.5 Å². The summed E-state index contributed by atoms with van der Waals surface area (Å²) < 4.78 is 36.8. The van der Waals surface area contributed by atoms with E-state index >= 15 is 0 Å². The van der Waals surface area contributed by atoms with Crippen molar-refractivity contribution in [2.24, 2.45) is 0 Å². The fourth-order valence-electron chi connectivity index (χ4n) is 5.30. The first kappa shape index (κ1) is 33.1. The predicted octanol–water partition coefficient (Wildman–Crippen LogP) is 8.87. The first-order valence-corrected chi connectivity index (χ1v) is 17.0. The maximum absolute atomic E-state index is 13.8. The molecule has 0 spiro atoms. The Morgan fingerprint density at radius 3 is 2.20 bits per heavy atom. The summed E-state index contributed by atoms with van der Waals surface area (Å²) in [5.41, 5.74) is 5.57. The lowest BCUT2D eigenvalue weighted by Gasteiger charge is -2.22. The summed E-state index contributed by atoms with van der Waals surface area (Å²) in [6, 6.07) is 30.0. The third kappa shape index (κ3) is 8.51. The van der Waals surface area contributed by atoms with E-state index in [1.807, 2.05) is 66.7 Å². The molecule has 0 fully saturated rings. The molecule has 4 aromatic carbocycles. The van der Waals surface area contributed by atoms with Gasteiger partial charge in [-0.1, -0.05) is 80.9 Å². The van der Waals surface area contributed by atoms with Crippen molar-refractivity contribution in [2.75, 3.05) is 11.1 Å². The van der Waals surface area contributed by atoms with Crippen LogP contribution in [-0.2, 0) is 26.7 Å². The van der Waals surface area contributed by atoms with E-state index in [0.717, 1.165) is 33.2 Å². The molecular weight excluding hydrogens is 622 g/mol. The van der Waals surface area contributed by atoms with Gasteiger partial charge in [-0.25, -0.2) is 0 Å². The van der Waals surface area contributed by atoms with Gasteiger partial charge < -0.3 is 9.73 Å². The van der Waals surface area contributed by atoms with Gasteiger partial charge in [0.1, 0.15) is 11.3 Å². The molecule has 0 radical (unpaired) electrons. The van der Waals surface area contributed by atoms with Crippen LogP contribution in [-0.4, -0.2) is 30.4 Å². The molecule has 0 saturated carbocycles. The van der Waals surface area contributed by atoms with Crippen LogP contribution in [0.15, 0.2) is 101 Å². The highest BCUT2D eigenvalue weighted by Gasteiger charge is 2.23. The molecule has 0 aliphatic heterocycles. The number of hydrogen-bond acceptors (Lipinski definition) is 5. The molecule has 1 unspecified atom stereocenters. The van der Waals surface area contributed by atoms with E-state index in [9.17, 15) is 18.0 Å². The lowest BCUT2D eigenvalue weighted by Crippen LogP contribution is -2.23. The van der Waals surface area contributed by atoms with Gasteiger partial charge in [-0.3, -0.25) is 14.1 Å². The number of furan rings is 1. The minimum absolute atomic E-state index is 0.00772. The number of fused-ring (bicyclic) bond motifs is 1. The Bertz CT molecular complexity index is 1960. The number of benzene rings is 4. The van der Waals surface area contributed by atoms with Crippen LogP contribution < -0.4 is 5.32 Å². The van der Waals surface area contributed by atoms with Gasteiger partial charge in [0.2, 0.25) is 5.91 Å². The number of ketones is 1. The summed E-state index contributed by atoms with van der Waals surface area (Å²) in [4.78, 5) is 26.3. The monoisotopic (exact) mass is 657 g/mol. The first-order chi connectivity index (χ1) is 21.7. The van der Waals surface area contributed by atoms with E-state index in [1.165, 1.54) is 0 Å². The topological polar surface area (TPSA) is 114 Å². The van der Waals surface area contributed by atoms with E-state index < -0.39 is 21.8 Å². The molecule has 7 nitrogen and oxygen atoms in total. The first-order valence-electron chi connectivity index (χ1n) is 15.0. The van der Waals surface area contributed by atoms with Crippen molar-refractivity contribution in [2.45, 2.75) is 51.4 Å². The minimum Gasteiger partial charge on any atom is -0.456 e. The quantitative estimate of drug-likeness (QED) is 0.108. The number of anilines is 1. The Hall–Kier alpha value is -4.24. The summed E-state index contributed by atoms with van der Waals surface area (Å²) in [5, 5.41) is 4.62. The molecule has 2 N–H and O–H groups in total. The number of amides is 1. The van der Waals surface area contributed by atoms with Crippen LogP contribution >= 0.6 is 11.6 Å². The number of carbonyl (C=O) groups excluding carboxylic acids is 2. The molecule has 0 aliphatic rings. The Kier molecular flexibility index (Phi) is 9.82. The van der Waals surface area contributed by atoms with Crippen molar-refractivity contribution >= 4 is 50.1 Å². The molecule has 238 valence electrons. The molecule has 0 aliphatic carbocycles. The van der Waals surface area contributed by atoms with Crippen LogP contribution in [0, 0.1) is 0 Å². The predicted molar refractivity (Wildman–Crippen MR) is 183 cm³/mol. The van der Waals surface area contributed by atoms with Crippen molar-refractivity contribution in [3.05, 3.63) is 124 Å². The lowest BCUT2D eigenvalue weighted by molar-refractivity contribution is -0.117. The molecular formula is C37H36ClNO6S. The summed E-state index contributed by atoms with van der Waals surface area (Å²) >= 11 is 6.12. The Labute approximate surface area is 274 Å². The second-order valence-corrected chi connectivity index (χ2v) is 14.5. The fraction of sp³-hybridized carbons (Fsp3) is 0.243. The van der Waals surface area contributed by atoms with Crippen LogP contribution in [0.4, 0.5) is 5.69 Å². The Balaban J connectivity index is 1.33. The number of Topliss-reactive ketones (excluding diaryl/α,β-unsaturated/α-hetero) is 1. The van der Waals surface area contributed by atoms with E-state index in [-0.39, 0.29) is 29.9 Å². The summed E-state index contributed by atoms with van der Waals surface area (Å²) in [6.07, 6.45) is 0.450. The highest BCUT2D eigenvalue weighted by molar-refractivity contribution is 7.85. The van der Waals surface area contributed by atoms with Crippen molar-refractivity contribution in [1.29, 1.82) is 0 Å². The molecule has 0 bridgehead atoms. The maximum Gasteiger partial charge on any atom is 0.264 e. The van der Waals surface area contributed by atoms with E-state index in [1.54, 1.807) is 18.2 Å². The smallest absolute Gasteiger partial charge is 0.264 e. The number of hydrogen-bond donors (Lipinski definition) is 2. The molecule has 1 heterocycles. The highest BCUT2D eigenvalue weighted by atomic mass is 35.5. The zero-order valence-corrected chi connectivity index (χ0v) is 27.5. The standard InChI is InChI=1S/C37H36ClNO6S/c1-37(2,3)29-14-10-25(11-15-29)32(21-24-6-8-26(9-7-24)33(40)5-4-20-46(42,43)44)36(41)39-31-17-12-27(13-18-31)35-23-28-22-30(38)16-19-34(28)45-35/h6-19,22-23,32H,4-5,20-21H2,1-3H3,(H,39,41)(H,42,43,44). The third-order valence-corrected chi connectivity index (χ3v) is 8.97. The number of rotatable bonds is 11. The van der Waals surface area contributed by atoms with Gasteiger partial charge in [0.05, 0.1) is 11.7 Å². The highest BCUT2D eigenvalue weighted by Crippen LogP contribution is 2.31. The normalized spacial score (nSPS) is 12.6. The molecule has 9 heteroatoms. The summed E-state index contributed by atoms with van der Waals surface area (Å²) in [5.74, 6) is -0.644. The van der Waals surface area contributed by atoms with Gasteiger partial charge in [0, 0.05) is 33.6 Å².